The molecule has 2 N–H and O–H groups in total. The molecule has 0 heterocycles. The first-order valence-corrected chi connectivity index (χ1v) is 4.25. The number of carbonyl (C=O) groups is 1. The number of unbranched alkanes of at least 4 members (excludes halogenated alkanes) is 2. The van der Waals surface area contributed by atoms with Crippen molar-refractivity contribution in [2.45, 2.75) is 32.1 Å². The maximum atomic E-state index is 10.1. The summed E-state index contributed by atoms with van der Waals surface area (Å²) in [6.45, 7) is 0.222. The molecule has 0 bridgehead atoms. The molecule has 3 nitrogen and oxygen atoms in total. The maximum Gasteiger partial charge on any atom is 0.303 e. The lowest BCUT2D eigenvalue weighted by molar-refractivity contribution is -0.137. The van der Waals surface area contributed by atoms with Crippen LogP contribution in [0.2, 0.25) is 0 Å². The van der Waals surface area contributed by atoms with Crippen molar-refractivity contribution in [3.63, 3.8) is 0 Å². The van der Waals surface area contributed by atoms with E-state index in [4.69, 9.17) is 10.2 Å². The molecule has 70 valence electrons. The van der Waals surface area contributed by atoms with Gasteiger partial charge >= 0.3 is 5.97 Å². The third-order valence-corrected chi connectivity index (χ3v) is 1.46. The average Bonchev–Trinajstić information content (AvgIpc) is 2.02. The Morgan fingerprint density at radius 3 is 2.25 bits per heavy atom. The second kappa shape index (κ2) is 8.27. The Morgan fingerprint density at radius 1 is 1.17 bits per heavy atom. The summed E-state index contributed by atoms with van der Waals surface area (Å²) < 4.78 is 0. The molecule has 3 heteroatoms. The summed E-state index contributed by atoms with van der Waals surface area (Å²) in [4.78, 5) is 10.1. The van der Waals surface area contributed by atoms with E-state index in [-0.39, 0.29) is 13.0 Å². The number of aliphatic hydroxyl groups is 1. The number of hydrogen-bond acceptors (Lipinski definition) is 2. The molecular weight excluding hydrogens is 156 g/mol. The Labute approximate surface area is 72.7 Å². The number of aliphatic hydroxyl groups excluding tert-OH is 1. The van der Waals surface area contributed by atoms with Crippen LogP contribution in [-0.4, -0.2) is 22.8 Å². The zero-order chi connectivity index (χ0) is 9.23. The standard InChI is InChI=1S/C9H16O3/c10-8-6-4-2-1-3-5-7-9(11)12/h1-2,10H,3-8H2,(H,11,12)/b2-1-. The molecule has 0 radical (unpaired) electrons. The number of carboxylic acids is 1. The molecule has 12 heavy (non-hydrogen) atoms. The highest BCUT2D eigenvalue weighted by Gasteiger charge is 1.92. The lowest BCUT2D eigenvalue weighted by atomic mass is 10.2. The molecule has 0 saturated carbocycles. The molecule has 0 aliphatic carbocycles. The summed E-state index contributed by atoms with van der Waals surface area (Å²) in [6.07, 6.45) is 7.38. The first-order chi connectivity index (χ1) is 5.77. The predicted octanol–water partition coefficient (Wildman–Crippen LogP) is 1.57. The lowest BCUT2D eigenvalue weighted by Gasteiger charge is -1.91. The van der Waals surface area contributed by atoms with Gasteiger partial charge in [-0.25, -0.2) is 0 Å². The van der Waals surface area contributed by atoms with Crippen LogP contribution < -0.4 is 0 Å². The van der Waals surface area contributed by atoms with E-state index in [0.29, 0.717) is 6.42 Å². The zero-order valence-corrected chi connectivity index (χ0v) is 7.20. The molecule has 0 amide bonds. The fraction of sp³-hybridized carbons (Fsp3) is 0.667. The van der Waals surface area contributed by atoms with Crippen LogP contribution in [0.1, 0.15) is 32.1 Å². The Kier molecular flexibility index (Phi) is 7.70. The monoisotopic (exact) mass is 172 g/mol. The first-order valence-electron chi connectivity index (χ1n) is 4.25. The van der Waals surface area contributed by atoms with Crippen molar-refractivity contribution in [1.82, 2.24) is 0 Å². The van der Waals surface area contributed by atoms with Gasteiger partial charge in [-0.1, -0.05) is 12.2 Å². The number of aliphatic carboxylic acids is 1. The Balaban J connectivity index is 3.08. The van der Waals surface area contributed by atoms with Gasteiger partial charge in [0.1, 0.15) is 0 Å². The van der Waals surface area contributed by atoms with Gasteiger partial charge in [0, 0.05) is 13.0 Å². The van der Waals surface area contributed by atoms with Crippen molar-refractivity contribution in [2.75, 3.05) is 6.61 Å². The van der Waals surface area contributed by atoms with Gasteiger partial charge in [0.05, 0.1) is 0 Å². The molecule has 0 aromatic carbocycles. The van der Waals surface area contributed by atoms with Crippen molar-refractivity contribution in [1.29, 1.82) is 0 Å². The van der Waals surface area contributed by atoms with Gasteiger partial charge in [-0.05, 0) is 25.7 Å². The number of hydrogen-bond donors (Lipinski definition) is 2. The van der Waals surface area contributed by atoms with Crippen LogP contribution >= 0.6 is 0 Å². The van der Waals surface area contributed by atoms with Gasteiger partial charge in [-0.3, -0.25) is 4.79 Å². The quantitative estimate of drug-likeness (QED) is 0.452. The molecule has 0 unspecified atom stereocenters. The third-order valence-electron chi connectivity index (χ3n) is 1.46. The van der Waals surface area contributed by atoms with E-state index in [0.717, 1.165) is 19.3 Å². The smallest absolute Gasteiger partial charge is 0.303 e. The van der Waals surface area contributed by atoms with Gasteiger partial charge in [0.15, 0.2) is 0 Å². The minimum absolute atomic E-state index is 0.222. The minimum atomic E-state index is -0.737. The van der Waals surface area contributed by atoms with E-state index in [1.807, 2.05) is 12.2 Å². The van der Waals surface area contributed by atoms with Crippen molar-refractivity contribution >= 4 is 5.97 Å². The van der Waals surface area contributed by atoms with Crippen molar-refractivity contribution in [3.8, 4) is 0 Å². The minimum Gasteiger partial charge on any atom is -0.481 e. The molecule has 0 aromatic heterocycles. The lowest BCUT2D eigenvalue weighted by Crippen LogP contribution is -1.92. The second-order valence-electron chi connectivity index (χ2n) is 2.62. The van der Waals surface area contributed by atoms with Crippen LogP contribution in [0.5, 0.6) is 0 Å². The predicted molar refractivity (Wildman–Crippen MR) is 46.9 cm³/mol. The average molecular weight is 172 g/mol. The molecule has 0 saturated heterocycles. The number of rotatable bonds is 7. The third kappa shape index (κ3) is 9.17. The van der Waals surface area contributed by atoms with E-state index in [9.17, 15) is 4.79 Å². The van der Waals surface area contributed by atoms with Gasteiger partial charge in [-0.15, -0.1) is 0 Å². The molecule has 0 spiro atoms. The second-order valence-corrected chi connectivity index (χ2v) is 2.62. The summed E-state index contributed by atoms with van der Waals surface area (Å²) in [6, 6.07) is 0. The van der Waals surface area contributed by atoms with Crippen LogP contribution in [0.25, 0.3) is 0 Å². The molecule has 0 fully saturated rings. The van der Waals surface area contributed by atoms with E-state index in [1.165, 1.54) is 0 Å². The van der Waals surface area contributed by atoms with Crippen LogP contribution in [0, 0.1) is 0 Å². The molecule has 0 rings (SSSR count). The molecule has 0 aliphatic heterocycles. The highest BCUT2D eigenvalue weighted by Crippen LogP contribution is 1.98. The van der Waals surface area contributed by atoms with E-state index in [1.54, 1.807) is 0 Å². The summed E-state index contributed by atoms with van der Waals surface area (Å²) in [5.41, 5.74) is 0. The summed E-state index contributed by atoms with van der Waals surface area (Å²) in [5.74, 6) is -0.737. The summed E-state index contributed by atoms with van der Waals surface area (Å²) in [7, 11) is 0. The molecular formula is C9H16O3. The van der Waals surface area contributed by atoms with E-state index < -0.39 is 5.97 Å². The van der Waals surface area contributed by atoms with Gasteiger partial charge < -0.3 is 10.2 Å². The fourth-order valence-corrected chi connectivity index (χ4v) is 0.816. The number of carboxylic acid groups (broad SMARTS) is 1. The Morgan fingerprint density at radius 2 is 1.75 bits per heavy atom. The Hall–Kier alpha value is -0.830. The van der Waals surface area contributed by atoms with Gasteiger partial charge in [-0.2, -0.15) is 0 Å². The van der Waals surface area contributed by atoms with Crippen LogP contribution in [-0.2, 0) is 4.79 Å². The van der Waals surface area contributed by atoms with Crippen LogP contribution in [0.4, 0.5) is 0 Å². The highest BCUT2D eigenvalue weighted by atomic mass is 16.4. The van der Waals surface area contributed by atoms with Gasteiger partial charge in [0.2, 0.25) is 0 Å². The number of allylic oxidation sites excluding steroid dienone is 2. The normalized spacial score (nSPS) is 10.8. The van der Waals surface area contributed by atoms with Gasteiger partial charge in [0.25, 0.3) is 0 Å². The highest BCUT2D eigenvalue weighted by molar-refractivity contribution is 5.66. The van der Waals surface area contributed by atoms with E-state index >= 15 is 0 Å². The first kappa shape index (κ1) is 11.2. The molecule has 0 aliphatic rings. The molecule has 0 aromatic rings. The Bertz CT molecular complexity index is 141. The zero-order valence-electron chi connectivity index (χ0n) is 7.20. The largest absolute Gasteiger partial charge is 0.481 e. The SMILES string of the molecule is O=C(O)CCC/C=C\CCCO. The van der Waals surface area contributed by atoms with Crippen LogP contribution in [0.3, 0.4) is 0 Å². The van der Waals surface area contributed by atoms with E-state index in [2.05, 4.69) is 0 Å². The summed E-state index contributed by atoms with van der Waals surface area (Å²) >= 11 is 0. The summed E-state index contributed by atoms with van der Waals surface area (Å²) in [5, 5.41) is 16.7. The fourth-order valence-electron chi connectivity index (χ4n) is 0.816. The molecule has 0 atom stereocenters. The van der Waals surface area contributed by atoms with Crippen LogP contribution in [0.15, 0.2) is 12.2 Å². The van der Waals surface area contributed by atoms with Crippen molar-refractivity contribution < 1.29 is 15.0 Å². The van der Waals surface area contributed by atoms with Crippen molar-refractivity contribution in [3.05, 3.63) is 12.2 Å². The topological polar surface area (TPSA) is 57.5 Å². The maximum absolute atomic E-state index is 10.1. The van der Waals surface area contributed by atoms with Crippen molar-refractivity contribution in [2.24, 2.45) is 0 Å².